The van der Waals surface area contributed by atoms with Crippen molar-refractivity contribution in [3.8, 4) is 0 Å². The third-order valence-corrected chi connectivity index (χ3v) is 4.26. The Hall–Kier alpha value is -0.530. The van der Waals surface area contributed by atoms with Crippen LogP contribution in [0.3, 0.4) is 0 Å². The summed E-state index contributed by atoms with van der Waals surface area (Å²) in [7, 11) is 0. The van der Waals surface area contributed by atoms with Crippen LogP contribution in [0, 0.1) is 5.41 Å². The van der Waals surface area contributed by atoms with Gasteiger partial charge in [-0.15, -0.1) is 0 Å². The molecule has 2 heteroatoms. The highest BCUT2D eigenvalue weighted by Gasteiger charge is 2.29. The predicted octanol–water partition coefficient (Wildman–Crippen LogP) is 5.20. The van der Waals surface area contributed by atoms with E-state index >= 15 is 0 Å². The van der Waals surface area contributed by atoms with Crippen molar-refractivity contribution >= 4 is 5.91 Å². The van der Waals surface area contributed by atoms with Gasteiger partial charge < -0.3 is 5.73 Å². The second-order valence-electron chi connectivity index (χ2n) is 6.25. The van der Waals surface area contributed by atoms with E-state index in [-0.39, 0.29) is 11.3 Å². The van der Waals surface area contributed by atoms with E-state index in [9.17, 15) is 4.79 Å². The van der Waals surface area contributed by atoms with Crippen LogP contribution in [-0.4, -0.2) is 5.91 Å². The van der Waals surface area contributed by atoms with Gasteiger partial charge in [-0.3, -0.25) is 4.79 Å². The topological polar surface area (TPSA) is 43.1 Å². The molecule has 0 saturated heterocycles. The van der Waals surface area contributed by atoms with Gasteiger partial charge in [0.25, 0.3) is 0 Å². The smallest absolute Gasteiger partial charge is 0.223 e. The second-order valence-corrected chi connectivity index (χ2v) is 6.25. The summed E-state index contributed by atoms with van der Waals surface area (Å²) >= 11 is 0. The first kappa shape index (κ1) is 18.5. The number of carbonyl (C=O) groups is 1. The fraction of sp³-hybridized carbons (Fsp3) is 0.941. The second kappa shape index (κ2) is 11.3. The lowest BCUT2D eigenvalue weighted by Gasteiger charge is -2.26. The highest BCUT2D eigenvalue weighted by molar-refractivity contribution is 5.80. The predicted molar refractivity (Wildman–Crippen MR) is 84.1 cm³/mol. The fourth-order valence-electron chi connectivity index (χ4n) is 2.61. The van der Waals surface area contributed by atoms with Gasteiger partial charge in [0.05, 0.1) is 0 Å². The molecule has 1 amide bonds. The lowest BCUT2D eigenvalue weighted by atomic mass is 9.79. The molecule has 0 aromatic heterocycles. The van der Waals surface area contributed by atoms with E-state index in [1.807, 2.05) is 0 Å². The van der Waals surface area contributed by atoms with Crippen LogP contribution in [0.1, 0.15) is 97.8 Å². The Bertz CT molecular complexity index is 227. The number of unbranched alkanes of at least 4 members (excludes halogenated alkanes) is 8. The minimum atomic E-state index is -0.265. The van der Waals surface area contributed by atoms with Gasteiger partial charge in [0.1, 0.15) is 0 Å². The molecule has 0 heterocycles. The van der Waals surface area contributed by atoms with Crippen molar-refractivity contribution in [3.63, 3.8) is 0 Å². The molecular weight excluding hydrogens is 234 g/mol. The van der Waals surface area contributed by atoms with E-state index in [2.05, 4.69) is 20.8 Å². The number of amides is 1. The van der Waals surface area contributed by atoms with E-state index in [0.717, 1.165) is 25.7 Å². The Labute approximate surface area is 120 Å². The average Bonchev–Trinajstić information content (AvgIpc) is 2.38. The summed E-state index contributed by atoms with van der Waals surface area (Å²) in [6.07, 6.45) is 14.5. The zero-order chi connectivity index (χ0) is 14.6. The maximum Gasteiger partial charge on any atom is 0.223 e. The summed E-state index contributed by atoms with van der Waals surface area (Å²) in [6.45, 7) is 6.51. The van der Waals surface area contributed by atoms with Crippen LogP contribution < -0.4 is 5.73 Å². The quantitative estimate of drug-likeness (QED) is 0.459. The van der Waals surface area contributed by atoms with Gasteiger partial charge in [-0.25, -0.2) is 0 Å². The molecule has 0 rings (SSSR count). The van der Waals surface area contributed by atoms with Crippen molar-refractivity contribution in [2.24, 2.45) is 11.1 Å². The van der Waals surface area contributed by atoms with Gasteiger partial charge in [0.15, 0.2) is 0 Å². The third-order valence-electron chi connectivity index (χ3n) is 4.26. The third kappa shape index (κ3) is 9.07. The van der Waals surface area contributed by atoms with E-state index in [4.69, 9.17) is 5.73 Å². The largest absolute Gasteiger partial charge is 0.369 e. The van der Waals surface area contributed by atoms with Gasteiger partial charge in [0, 0.05) is 5.41 Å². The Morgan fingerprint density at radius 3 is 1.58 bits per heavy atom. The number of hydrogen-bond donors (Lipinski definition) is 1. The molecule has 0 aliphatic heterocycles. The summed E-state index contributed by atoms with van der Waals surface area (Å²) in [4.78, 5) is 11.7. The summed E-state index contributed by atoms with van der Waals surface area (Å²) < 4.78 is 0. The van der Waals surface area contributed by atoms with Crippen LogP contribution in [0.2, 0.25) is 0 Å². The van der Waals surface area contributed by atoms with Crippen molar-refractivity contribution in [2.75, 3.05) is 0 Å². The van der Waals surface area contributed by atoms with Crippen LogP contribution in [0.4, 0.5) is 0 Å². The number of rotatable bonds is 13. The van der Waals surface area contributed by atoms with E-state index in [1.165, 1.54) is 51.4 Å². The average molecular weight is 269 g/mol. The maximum atomic E-state index is 11.7. The number of hydrogen-bond acceptors (Lipinski definition) is 1. The molecule has 0 aromatic rings. The van der Waals surface area contributed by atoms with Crippen molar-refractivity contribution in [1.29, 1.82) is 0 Å². The van der Waals surface area contributed by atoms with E-state index in [1.54, 1.807) is 0 Å². The van der Waals surface area contributed by atoms with Crippen molar-refractivity contribution in [2.45, 2.75) is 97.8 Å². The van der Waals surface area contributed by atoms with Gasteiger partial charge in [0.2, 0.25) is 5.91 Å². The number of carbonyl (C=O) groups excluding carboxylic acids is 1. The molecule has 1 unspecified atom stereocenters. The SMILES string of the molecule is CCCCCCCCC(C)(CCCCCC)C(N)=O. The molecule has 0 saturated carbocycles. The molecule has 19 heavy (non-hydrogen) atoms. The standard InChI is InChI=1S/C17H35NO/c1-4-6-8-10-11-13-15-17(3,16(18)19)14-12-9-7-5-2/h4-15H2,1-3H3,(H2,18,19). The molecule has 2 N–H and O–H groups in total. The maximum absolute atomic E-state index is 11.7. The van der Waals surface area contributed by atoms with Crippen LogP contribution in [-0.2, 0) is 4.79 Å². The van der Waals surface area contributed by atoms with Gasteiger partial charge >= 0.3 is 0 Å². The molecule has 0 bridgehead atoms. The molecule has 2 nitrogen and oxygen atoms in total. The lowest BCUT2D eigenvalue weighted by molar-refractivity contribution is -0.127. The summed E-state index contributed by atoms with van der Waals surface area (Å²) in [5.41, 5.74) is 5.34. The summed E-state index contributed by atoms with van der Waals surface area (Å²) in [6, 6.07) is 0. The Kier molecular flexibility index (Phi) is 11.0. The first-order chi connectivity index (χ1) is 9.06. The minimum absolute atomic E-state index is 0.0995. The number of primary amides is 1. The lowest BCUT2D eigenvalue weighted by Crippen LogP contribution is -2.34. The van der Waals surface area contributed by atoms with Crippen molar-refractivity contribution in [1.82, 2.24) is 0 Å². The molecule has 1 atom stereocenters. The molecule has 0 aliphatic carbocycles. The highest BCUT2D eigenvalue weighted by Crippen LogP contribution is 2.31. The summed E-state index contributed by atoms with van der Waals surface area (Å²) in [5, 5.41) is 0. The fourth-order valence-corrected chi connectivity index (χ4v) is 2.61. The Balaban J connectivity index is 3.85. The molecular formula is C17H35NO. The monoisotopic (exact) mass is 269 g/mol. The zero-order valence-electron chi connectivity index (χ0n) is 13.5. The van der Waals surface area contributed by atoms with E-state index < -0.39 is 0 Å². The van der Waals surface area contributed by atoms with Crippen molar-refractivity contribution < 1.29 is 4.79 Å². The highest BCUT2D eigenvalue weighted by atomic mass is 16.1. The molecule has 0 aliphatic rings. The van der Waals surface area contributed by atoms with E-state index in [0.29, 0.717) is 0 Å². The van der Waals surface area contributed by atoms with Crippen LogP contribution in [0.25, 0.3) is 0 Å². The Morgan fingerprint density at radius 2 is 1.16 bits per heavy atom. The molecule has 0 fully saturated rings. The first-order valence-electron chi connectivity index (χ1n) is 8.36. The van der Waals surface area contributed by atoms with Crippen molar-refractivity contribution in [3.05, 3.63) is 0 Å². The van der Waals surface area contributed by atoms with Crippen LogP contribution in [0.15, 0.2) is 0 Å². The Morgan fingerprint density at radius 1 is 0.789 bits per heavy atom. The first-order valence-corrected chi connectivity index (χ1v) is 8.36. The van der Waals surface area contributed by atoms with Crippen LogP contribution in [0.5, 0.6) is 0 Å². The van der Waals surface area contributed by atoms with Gasteiger partial charge in [-0.1, -0.05) is 85.0 Å². The molecule has 0 aromatic carbocycles. The molecule has 0 radical (unpaired) electrons. The normalized spacial score (nSPS) is 14.3. The van der Waals surface area contributed by atoms with Gasteiger partial charge in [-0.05, 0) is 12.8 Å². The zero-order valence-corrected chi connectivity index (χ0v) is 13.5. The molecule has 0 spiro atoms. The van der Waals surface area contributed by atoms with Gasteiger partial charge in [-0.2, -0.15) is 0 Å². The summed E-state index contributed by atoms with van der Waals surface area (Å²) in [5.74, 6) is -0.0995. The minimum Gasteiger partial charge on any atom is -0.369 e. The van der Waals surface area contributed by atoms with Crippen LogP contribution >= 0.6 is 0 Å². The number of nitrogens with two attached hydrogens (primary N) is 1. The molecule has 114 valence electrons.